The van der Waals surface area contributed by atoms with Gasteiger partial charge in [-0.25, -0.2) is 4.98 Å². The fourth-order valence-corrected chi connectivity index (χ4v) is 4.66. The summed E-state index contributed by atoms with van der Waals surface area (Å²) in [6.45, 7) is 3.01. The highest BCUT2D eigenvalue weighted by molar-refractivity contribution is 5.96. The molecule has 180 valence electrons. The first-order valence-electron chi connectivity index (χ1n) is 11.8. The Balaban J connectivity index is 1.37. The maximum atomic E-state index is 12.9. The molecule has 7 heteroatoms. The summed E-state index contributed by atoms with van der Waals surface area (Å²) < 4.78 is 13.2. The zero-order valence-electron chi connectivity index (χ0n) is 19.9. The van der Waals surface area contributed by atoms with E-state index in [1.807, 2.05) is 84.3 Å². The van der Waals surface area contributed by atoms with Crippen molar-refractivity contribution in [1.82, 2.24) is 9.55 Å². The number of ether oxygens (including phenoxy) is 2. The van der Waals surface area contributed by atoms with E-state index in [-0.39, 0.29) is 18.4 Å². The molecular weight excluding hydrogens is 442 g/mol. The number of anilines is 1. The van der Waals surface area contributed by atoms with Gasteiger partial charge in [0.05, 0.1) is 24.7 Å². The number of aryl methyl sites for hydroxylation is 1. The molecule has 1 saturated heterocycles. The minimum Gasteiger partial charge on any atom is -0.497 e. The van der Waals surface area contributed by atoms with Gasteiger partial charge in [-0.15, -0.1) is 0 Å². The Bertz CT molecular complexity index is 1330. The van der Waals surface area contributed by atoms with E-state index in [2.05, 4.69) is 0 Å². The van der Waals surface area contributed by atoms with Gasteiger partial charge in [-0.05, 0) is 55.0 Å². The first kappa shape index (κ1) is 22.9. The van der Waals surface area contributed by atoms with Crippen molar-refractivity contribution in [3.63, 3.8) is 0 Å². The van der Waals surface area contributed by atoms with Gasteiger partial charge in [-0.2, -0.15) is 0 Å². The van der Waals surface area contributed by atoms with Gasteiger partial charge in [0.1, 0.15) is 30.0 Å². The smallest absolute Gasteiger partial charge is 0.227 e. The van der Waals surface area contributed by atoms with Crippen LogP contribution in [0.2, 0.25) is 0 Å². The van der Waals surface area contributed by atoms with Crippen molar-refractivity contribution in [1.29, 1.82) is 0 Å². The SMILES string of the molecule is COc1ccc(N2C[C@H](c3nc4ccccc4n3C[C@H](O)COc3ccccc3C)CC2=O)cc1. The van der Waals surface area contributed by atoms with E-state index < -0.39 is 6.10 Å². The second kappa shape index (κ2) is 9.80. The summed E-state index contributed by atoms with van der Waals surface area (Å²) in [5.41, 5.74) is 3.65. The van der Waals surface area contributed by atoms with Gasteiger partial charge in [0.2, 0.25) is 5.91 Å². The number of imidazole rings is 1. The summed E-state index contributed by atoms with van der Waals surface area (Å²) in [5.74, 6) is 2.30. The lowest BCUT2D eigenvalue weighted by Crippen LogP contribution is -2.26. The Morgan fingerprint density at radius 3 is 2.57 bits per heavy atom. The molecule has 2 atom stereocenters. The van der Waals surface area contributed by atoms with Gasteiger partial charge in [0.25, 0.3) is 0 Å². The highest BCUT2D eigenvalue weighted by atomic mass is 16.5. The van der Waals surface area contributed by atoms with Crippen molar-refractivity contribution in [2.75, 3.05) is 25.2 Å². The number of carbonyl (C=O) groups excluding carboxylic acids is 1. The zero-order valence-corrected chi connectivity index (χ0v) is 19.9. The zero-order chi connectivity index (χ0) is 24.4. The van der Waals surface area contributed by atoms with Crippen LogP contribution in [0.15, 0.2) is 72.8 Å². The summed E-state index contributed by atoms with van der Waals surface area (Å²) in [4.78, 5) is 19.6. The van der Waals surface area contributed by atoms with Crippen molar-refractivity contribution in [3.05, 3.63) is 84.2 Å². The standard InChI is InChI=1S/C28H29N3O4/c1-19-7-3-6-10-26(19)35-18-22(32)17-31-25-9-5-4-8-24(25)29-28(31)20-15-27(33)30(16-20)21-11-13-23(34-2)14-12-21/h3-14,20,22,32H,15-18H2,1-2H3/t20-,22+/m1/s1. The molecule has 2 heterocycles. The highest BCUT2D eigenvalue weighted by Gasteiger charge is 2.35. The lowest BCUT2D eigenvalue weighted by Gasteiger charge is -2.19. The van der Waals surface area contributed by atoms with Crippen LogP contribution in [-0.4, -0.2) is 46.9 Å². The third kappa shape index (κ3) is 4.72. The second-order valence-corrected chi connectivity index (χ2v) is 8.90. The third-order valence-corrected chi connectivity index (χ3v) is 6.48. The largest absolute Gasteiger partial charge is 0.497 e. The van der Waals surface area contributed by atoms with Crippen molar-refractivity contribution < 1.29 is 19.4 Å². The fraction of sp³-hybridized carbons (Fsp3) is 0.286. The van der Waals surface area contributed by atoms with Crippen LogP contribution in [0.4, 0.5) is 5.69 Å². The molecule has 7 nitrogen and oxygen atoms in total. The lowest BCUT2D eigenvalue weighted by atomic mass is 10.1. The molecule has 5 rings (SSSR count). The quantitative estimate of drug-likeness (QED) is 0.414. The number of hydrogen-bond donors (Lipinski definition) is 1. The molecule has 1 aliphatic rings. The number of nitrogens with zero attached hydrogens (tertiary/aromatic N) is 3. The summed E-state index contributed by atoms with van der Waals surface area (Å²) in [6, 6.07) is 23.1. The summed E-state index contributed by atoms with van der Waals surface area (Å²) >= 11 is 0. The number of benzene rings is 3. The molecular formula is C28H29N3O4. The number of methoxy groups -OCH3 is 1. The maximum absolute atomic E-state index is 12.9. The van der Waals surface area contributed by atoms with Crippen LogP contribution in [0.5, 0.6) is 11.5 Å². The van der Waals surface area contributed by atoms with Gasteiger partial charge in [0.15, 0.2) is 0 Å². The number of hydrogen-bond acceptors (Lipinski definition) is 5. The Hall–Kier alpha value is -3.84. The van der Waals surface area contributed by atoms with Crippen molar-refractivity contribution in [2.24, 2.45) is 0 Å². The monoisotopic (exact) mass is 471 g/mol. The molecule has 1 fully saturated rings. The van der Waals surface area contributed by atoms with Crippen LogP contribution in [-0.2, 0) is 11.3 Å². The van der Waals surface area contributed by atoms with Crippen molar-refractivity contribution in [2.45, 2.75) is 31.9 Å². The molecule has 0 bridgehead atoms. The summed E-state index contributed by atoms with van der Waals surface area (Å²) in [5, 5.41) is 10.9. The highest BCUT2D eigenvalue weighted by Crippen LogP contribution is 2.34. The maximum Gasteiger partial charge on any atom is 0.227 e. The molecule has 35 heavy (non-hydrogen) atoms. The van der Waals surface area contributed by atoms with Crippen molar-refractivity contribution >= 4 is 22.6 Å². The van der Waals surface area contributed by atoms with E-state index in [4.69, 9.17) is 14.5 Å². The first-order chi connectivity index (χ1) is 17.0. The summed E-state index contributed by atoms with van der Waals surface area (Å²) in [6.07, 6.45) is -0.369. The van der Waals surface area contributed by atoms with E-state index in [0.29, 0.717) is 19.5 Å². The Morgan fingerprint density at radius 2 is 1.80 bits per heavy atom. The van der Waals surface area contributed by atoms with Crippen LogP contribution in [0.3, 0.4) is 0 Å². The molecule has 0 unspecified atom stereocenters. The van der Waals surface area contributed by atoms with Crippen LogP contribution < -0.4 is 14.4 Å². The topological polar surface area (TPSA) is 76.8 Å². The van der Waals surface area contributed by atoms with Crippen LogP contribution in [0.1, 0.15) is 23.7 Å². The lowest BCUT2D eigenvalue weighted by molar-refractivity contribution is -0.117. The molecule has 0 saturated carbocycles. The van der Waals surface area contributed by atoms with Crippen molar-refractivity contribution in [3.8, 4) is 11.5 Å². The number of carbonyl (C=O) groups is 1. The number of aliphatic hydroxyl groups is 1. The first-order valence-corrected chi connectivity index (χ1v) is 11.8. The van der Waals surface area contributed by atoms with E-state index >= 15 is 0 Å². The molecule has 0 aliphatic carbocycles. The van der Waals surface area contributed by atoms with Gasteiger partial charge in [-0.1, -0.05) is 30.3 Å². The number of rotatable bonds is 8. The molecule has 0 spiro atoms. The minimum absolute atomic E-state index is 0.0576. The number of aliphatic hydroxyl groups excluding tert-OH is 1. The molecule has 1 amide bonds. The van der Waals surface area contributed by atoms with Gasteiger partial charge < -0.3 is 24.0 Å². The van der Waals surface area contributed by atoms with Gasteiger partial charge >= 0.3 is 0 Å². The minimum atomic E-state index is -0.735. The molecule has 1 N–H and O–H groups in total. The average molecular weight is 472 g/mol. The number of para-hydroxylation sites is 3. The van der Waals surface area contributed by atoms with Crippen LogP contribution in [0.25, 0.3) is 11.0 Å². The molecule has 0 radical (unpaired) electrons. The van der Waals surface area contributed by atoms with Gasteiger partial charge in [0, 0.05) is 24.6 Å². The summed E-state index contributed by atoms with van der Waals surface area (Å²) in [7, 11) is 1.62. The molecule has 4 aromatic rings. The number of amides is 1. The van der Waals surface area contributed by atoms with E-state index in [1.165, 1.54) is 0 Å². The fourth-order valence-electron chi connectivity index (χ4n) is 4.66. The Morgan fingerprint density at radius 1 is 1.06 bits per heavy atom. The molecule has 1 aliphatic heterocycles. The average Bonchev–Trinajstić information content (AvgIpc) is 3.44. The number of aromatic nitrogens is 2. The Kier molecular flexibility index (Phi) is 6.42. The Labute approximate surface area is 204 Å². The second-order valence-electron chi connectivity index (χ2n) is 8.90. The van der Waals surface area contributed by atoms with Gasteiger partial charge in [-0.3, -0.25) is 4.79 Å². The normalized spacial score (nSPS) is 16.6. The predicted molar refractivity (Wildman–Crippen MR) is 135 cm³/mol. The third-order valence-electron chi connectivity index (χ3n) is 6.48. The van der Waals surface area contributed by atoms with Crippen LogP contribution in [0, 0.1) is 6.92 Å². The molecule has 1 aromatic heterocycles. The van der Waals surface area contributed by atoms with E-state index in [1.54, 1.807) is 12.0 Å². The predicted octanol–water partition coefficient (Wildman–Crippen LogP) is 4.31. The number of fused-ring (bicyclic) bond motifs is 1. The van der Waals surface area contributed by atoms with E-state index in [9.17, 15) is 9.90 Å². The van der Waals surface area contributed by atoms with Crippen LogP contribution >= 0.6 is 0 Å². The molecule has 3 aromatic carbocycles. The van der Waals surface area contributed by atoms with E-state index in [0.717, 1.165) is 39.6 Å².